The largest absolute Gasteiger partial charge is 0.353 e. The number of rotatable bonds is 5. The summed E-state index contributed by atoms with van der Waals surface area (Å²) in [5.41, 5.74) is 1.26. The first-order valence-electron chi connectivity index (χ1n) is 8.10. The summed E-state index contributed by atoms with van der Waals surface area (Å²) in [6, 6.07) is 8.71. The van der Waals surface area contributed by atoms with Crippen molar-refractivity contribution < 1.29 is 4.79 Å². The Bertz CT molecular complexity index is 498. The zero-order chi connectivity index (χ0) is 14.8. The van der Waals surface area contributed by atoms with Crippen LogP contribution in [0.3, 0.4) is 0 Å². The zero-order valence-electron chi connectivity index (χ0n) is 13.0. The third-order valence-electron chi connectivity index (χ3n) is 5.21. The molecular formula is C18H25NOS. The molecule has 2 saturated carbocycles. The summed E-state index contributed by atoms with van der Waals surface area (Å²) < 4.78 is 0. The lowest BCUT2D eigenvalue weighted by Gasteiger charge is -2.28. The summed E-state index contributed by atoms with van der Waals surface area (Å²) >= 11 is 1.63. The van der Waals surface area contributed by atoms with Gasteiger partial charge >= 0.3 is 0 Å². The fourth-order valence-corrected chi connectivity index (χ4v) is 4.80. The lowest BCUT2D eigenvalue weighted by molar-refractivity contribution is -0.119. The second kappa shape index (κ2) is 6.43. The molecule has 0 aliphatic heterocycles. The second-order valence-electron chi connectivity index (χ2n) is 6.80. The van der Waals surface area contributed by atoms with Gasteiger partial charge in [0.1, 0.15) is 0 Å². The van der Waals surface area contributed by atoms with Crippen LogP contribution in [0.2, 0.25) is 0 Å². The lowest BCUT2D eigenvalue weighted by Crippen LogP contribution is -2.40. The maximum Gasteiger partial charge on any atom is 0.230 e. The van der Waals surface area contributed by atoms with Gasteiger partial charge in [0.25, 0.3) is 0 Å². The lowest BCUT2D eigenvalue weighted by atomic mass is 9.84. The first kappa shape index (κ1) is 15.0. The molecule has 1 aromatic rings. The van der Waals surface area contributed by atoms with Gasteiger partial charge in [0, 0.05) is 10.9 Å². The first-order valence-corrected chi connectivity index (χ1v) is 9.09. The molecule has 4 atom stereocenters. The maximum atomic E-state index is 12.1. The molecule has 2 aliphatic rings. The van der Waals surface area contributed by atoms with Gasteiger partial charge in [-0.3, -0.25) is 4.79 Å². The van der Waals surface area contributed by atoms with Gasteiger partial charge in [-0.1, -0.05) is 24.1 Å². The Kier molecular flexibility index (Phi) is 4.58. The molecule has 2 fully saturated rings. The Balaban J connectivity index is 1.44. The van der Waals surface area contributed by atoms with Crippen molar-refractivity contribution in [1.29, 1.82) is 0 Å². The summed E-state index contributed by atoms with van der Waals surface area (Å²) in [6.07, 6.45) is 5.54. The van der Waals surface area contributed by atoms with Crippen LogP contribution in [-0.4, -0.2) is 17.7 Å². The molecule has 0 aromatic heterocycles. The molecule has 114 valence electrons. The Morgan fingerprint density at radius 3 is 2.67 bits per heavy atom. The number of carbonyl (C=O) groups is 1. The smallest absolute Gasteiger partial charge is 0.230 e. The average molecular weight is 303 g/mol. The number of thioether (sulfide) groups is 1. The third kappa shape index (κ3) is 3.63. The monoisotopic (exact) mass is 303 g/mol. The highest BCUT2D eigenvalue weighted by Gasteiger charge is 2.42. The molecule has 21 heavy (non-hydrogen) atoms. The van der Waals surface area contributed by atoms with Crippen LogP contribution in [0.4, 0.5) is 0 Å². The highest BCUT2D eigenvalue weighted by atomic mass is 32.2. The summed E-state index contributed by atoms with van der Waals surface area (Å²) in [4.78, 5) is 13.3. The minimum atomic E-state index is 0.177. The number of amides is 1. The van der Waals surface area contributed by atoms with Gasteiger partial charge in [0.2, 0.25) is 5.91 Å². The van der Waals surface area contributed by atoms with Gasteiger partial charge in [-0.05, 0) is 63.0 Å². The number of hydrogen-bond donors (Lipinski definition) is 1. The summed E-state index contributed by atoms with van der Waals surface area (Å²) in [5.74, 6) is 3.23. The normalized spacial score (nSPS) is 28.6. The van der Waals surface area contributed by atoms with Gasteiger partial charge in [-0.2, -0.15) is 0 Å². The van der Waals surface area contributed by atoms with Crippen LogP contribution in [0.25, 0.3) is 0 Å². The van der Waals surface area contributed by atoms with E-state index in [1.807, 2.05) is 0 Å². The van der Waals surface area contributed by atoms with E-state index in [0.717, 1.165) is 17.8 Å². The van der Waals surface area contributed by atoms with E-state index in [-0.39, 0.29) is 5.91 Å². The molecule has 1 amide bonds. The molecule has 3 rings (SSSR count). The molecule has 2 aliphatic carbocycles. The van der Waals surface area contributed by atoms with Crippen molar-refractivity contribution in [3.05, 3.63) is 29.8 Å². The van der Waals surface area contributed by atoms with Gasteiger partial charge in [0.05, 0.1) is 5.75 Å². The van der Waals surface area contributed by atoms with Crippen molar-refractivity contribution in [3.8, 4) is 0 Å². The molecule has 2 nitrogen and oxygen atoms in total. The van der Waals surface area contributed by atoms with Gasteiger partial charge in [-0.15, -0.1) is 11.8 Å². The van der Waals surface area contributed by atoms with Crippen molar-refractivity contribution in [2.45, 2.75) is 50.5 Å². The number of nitrogens with one attached hydrogen (secondary N) is 1. The topological polar surface area (TPSA) is 29.1 Å². The third-order valence-corrected chi connectivity index (χ3v) is 6.23. The molecule has 0 saturated heterocycles. The van der Waals surface area contributed by atoms with E-state index < -0.39 is 0 Å². The molecule has 0 spiro atoms. The number of carbonyl (C=O) groups excluding carboxylic acids is 1. The van der Waals surface area contributed by atoms with E-state index in [9.17, 15) is 4.79 Å². The molecule has 4 unspecified atom stereocenters. The van der Waals surface area contributed by atoms with Crippen LogP contribution in [-0.2, 0) is 4.79 Å². The number of hydrogen-bond acceptors (Lipinski definition) is 2. The minimum Gasteiger partial charge on any atom is -0.353 e. The SMILES string of the molecule is Cc1ccc(SCC(=O)NC(C)C2CC3CCC2C3)cc1. The zero-order valence-corrected chi connectivity index (χ0v) is 13.8. The maximum absolute atomic E-state index is 12.1. The van der Waals surface area contributed by atoms with Gasteiger partial charge in [0.15, 0.2) is 0 Å². The summed E-state index contributed by atoms with van der Waals surface area (Å²) in [7, 11) is 0. The highest BCUT2D eigenvalue weighted by Crippen LogP contribution is 2.49. The minimum absolute atomic E-state index is 0.177. The van der Waals surface area contributed by atoms with Crippen LogP contribution in [0.15, 0.2) is 29.2 Å². The molecule has 1 N–H and O–H groups in total. The predicted molar refractivity (Wildman–Crippen MR) is 88.4 cm³/mol. The van der Waals surface area contributed by atoms with E-state index in [0.29, 0.717) is 11.8 Å². The molecule has 1 aromatic carbocycles. The number of fused-ring (bicyclic) bond motifs is 2. The predicted octanol–water partition coefficient (Wildman–Crippen LogP) is 4.03. The van der Waals surface area contributed by atoms with Crippen molar-refractivity contribution in [2.75, 3.05) is 5.75 Å². The van der Waals surface area contributed by atoms with E-state index in [1.54, 1.807) is 11.8 Å². The van der Waals surface area contributed by atoms with E-state index in [2.05, 4.69) is 43.4 Å². The molecule has 3 heteroatoms. The van der Waals surface area contributed by atoms with Gasteiger partial charge in [-0.25, -0.2) is 0 Å². The standard InChI is InChI=1S/C18H25NOS/c1-12-3-7-16(8-4-12)21-11-18(20)19-13(2)17-10-14-5-6-15(17)9-14/h3-4,7-8,13-15,17H,5-6,9-11H2,1-2H3,(H,19,20). The van der Waals surface area contributed by atoms with Crippen LogP contribution in [0.1, 0.15) is 38.2 Å². The van der Waals surface area contributed by atoms with Crippen LogP contribution < -0.4 is 5.32 Å². The Labute approximate surface area is 132 Å². The Morgan fingerprint density at radius 1 is 1.29 bits per heavy atom. The number of aryl methyl sites for hydroxylation is 1. The van der Waals surface area contributed by atoms with E-state index >= 15 is 0 Å². The van der Waals surface area contributed by atoms with Crippen molar-refractivity contribution >= 4 is 17.7 Å². The van der Waals surface area contributed by atoms with E-state index in [4.69, 9.17) is 0 Å². The highest BCUT2D eigenvalue weighted by molar-refractivity contribution is 8.00. The second-order valence-corrected chi connectivity index (χ2v) is 7.85. The van der Waals surface area contributed by atoms with E-state index in [1.165, 1.54) is 36.1 Å². The van der Waals surface area contributed by atoms with Crippen LogP contribution in [0, 0.1) is 24.7 Å². The molecular weight excluding hydrogens is 278 g/mol. The van der Waals surface area contributed by atoms with Crippen LogP contribution >= 0.6 is 11.8 Å². The van der Waals surface area contributed by atoms with Gasteiger partial charge < -0.3 is 5.32 Å². The van der Waals surface area contributed by atoms with Crippen molar-refractivity contribution in [2.24, 2.45) is 17.8 Å². The molecule has 0 radical (unpaired) electrons. The quantitative estimate of drug-likeness (QED) is 0.832. The molecule has 2 bridgehead atoms. The number of benzene rings is 1. The Hall–Kier alpha value is -0.960. The van der Waals surface area contributed by atoms with Crippen LogP contribution in [0.5, 0.6) is 0 Å². The fraction of sp³-hybridized carbons (Fsp3) is 0.611. The Morgan fingerprint density at radius 2 is 2.05 bits per heavy atom. The summed E-state index contributed by atoms with van der Waals surface area (Å²) in [5, 5.41) is 3.23. The van der Waals surface area contributed by atoms with Crippen molar-refractivity contribution in [1.82, 2.24) is 5.32 Å². The first-order chi connectivity index (χ1) is 10.1. The fourth-order valence-electron chi connectivity index (χ4n) is 4.09. The average Bonchev–Trinajstić information content (AvgIpc) is 3.09. The van der Waals surface area contributed by atoms with Crippen molar-refractivity contribution in [3.63, 3.8) is 0 Å². The summed E-state index contributed by atoms with van der Waals surface area (Å²) in [6.45, 7) is 4.28. The molecule has 0 heterocycles.